The summed E-state index contributed by atoms with van der Waals surface area (Å²) in [4.78, 5) is 12.2. The zero-order valence-corrected chi connectivity index (χ0v) is 12.9. The minimum atomic E-state index is -0.226. The Balaban J connectivity index is 1.77. The van der Waals surface area contributed by atoms with E-state index in [4.69, 9.17) is 5.73 Å². The number of nitrogens with one attached hydrogen (secondary N) is 1. The van der Waals surface area contributed by atoms with Gasteiger partial charge in [-0.3, -0.25) is 4.79 Å². The Labute approximate surface area is 121 Å². The van der Waals surface area contributed by atoms with Crippen LogP contribution in [-0.2, 0) is 4.79 Å². The van der Waals surface area contributed by atoms with Gasteiger partial charge in [0.05, 0.1) is 0 Å². The SMILES string of the molecule is CSC1CCCC(NC(=O)CC2(N)CCCCC2)C1. The van der Waals surface area contributed by atoms with Gasteiger partial charge in [-0.25, -0.2) is 0 Å². The van der Waals surface area contributed by atoms with Crippen LogP contribution in [0, 0.1) is 0 Å². The van der Waals surface area contributed by atoms with Crippen molar-refractivity contribution in [3.05, 3.63) is 0 Å². The molecule has 2 saturated carbocycles. The van der Waals surface area contributed by atoms with Crippen LogP contribution in [0.3, 0.4) is 0 Å². The molecule has 19 heavy (non-hydrogen) atoms. The van der Waals surface area contributed by atoms with Gasteiger partial charge in [-0.15, -0.1) is 0 Å². The number of hydrogen-bond donors (Lipinski definition) is 2. The molecule has 1 amide bonds. The summed E-state index contributed by atoms with van der Waals surface area (Å²) in [5.74, 6) is 0.177. The number of thioether (sulfide) groups is 1. The lowest BCUT2D eigenvalue weighted by molar-refractivity contribution is -0.123. The zero-order valence-electron chi connectivity index (χ0n) is 12.1. The summed E-state index contributed by atoms with van der Waals surface area (Å²) in [6.45, 7) is 0. The van der Waals surface area contributed by atoms with E-state index in [1.165, 1.54) is 32.1 Å². The molecule has 3 N–H and O–H groups in total. The molecule has 0 radical (unpaired) electrons. The van der Waals surface area contributed by atoms with E-state index in [-0.39, 0.29) is 11.4 Å². The third-order valence-electron chi connectivity index (χ3n) is 4.69. The first-order valence-electron chi connectivity index (χ1n) is 7.72. The molecule has 2 atom stereocenters. The van der Waals surface area contributed by atoms with Gasteiger partial charge in [0.1, 0.15) is 0 Å². The number of carbonyl (C=O) groups is 1. The van der Waals surface area contributed by atoms with Gasteiger partial charge in [-0.1, -0.05) is 25.7 Å². The van der Waals surface area contributed by atoms with Crippen LogP contribution in [0.1, 0.15) is 64.2 Å². The van der Waals surface area contributed by atoms with Crippen LogP contribution in [0.5, 0.6) is 0 Å². The molecule has 2 aliphatic rings. The van der Waals surface area contributed by atoms with E-state index in [2.05, 4.69) is 11.6 Å². The van der Waals surface area contributed by atoms with E-state index >= 15 is 0 Å². The summed E-state index contributed by atoms with van der Waals surface area (Å²) in [5, 5.41) is 3.95. The van der Waals surface area contributed by atoms with E-state index in [1.807, 2.05) is 11.8 Å². The summed E-state index contributed by atoms with van der Waals surface area (Å²) >= 11 is 1.94. The molecule has 0 spiro atoms. The predicted octanol–water partition coefficient (Wildman–Crippen LogP) is 2.83. The smallest absolute Gasteiger partial charge is 0.222 e. The van der Waals surface area contributed by atoms with Gasteiger partial charge in [0.25, 0.3) is 0 Å². The third-order valence-corrected chi connectivity index (χ3v) is 5.78. The monoisotopic (exact) mass is 284 g/mol. The van der Waals surface area contributed by atoms with Gasteiger partial charge in [0.15, 0.2) is 0 Å². The maximum Gasteiger partial charge on any atom is 0.222 e. The van der Waals surface area contributed by atoms with Crippen molar-refractivity contribution in [2.24, 2.45) is 5.73 Å². The molecule has 2 rings (SSSR count). The number of nitrogens with two attached hydrogens (primary N) is 1. The van der Waals surface area contributed by atoms with E-state index in [0.717, 1.165) is 30.9 Å². The second-order valence-electron chi connectivity index (χ2n) is 6.39. The molecular weight excluding hydrogens is 256 g/mol. The van der Waals surface area contributed by atoms with Crippen molar-refractivity contribution in [3.8, 4) is 0 Å². The van der Waals surface area contributed by atoms with Crippen LogP contribution in [0.25, 0.3) is 0 Å². The lowest BCUT2D eigenvalue weighted by atomic mass is 9.80. The van der Waals surface area contributed by atoms with Crippen LogP contribution in [0.4, 0.5) is 0 Å². The normalized spacial score (nSPS) is 30.8. The highest BCUT2D eigenvalue weighted by Gasteiger charge is 2.31. The number of amides is 1. The van der Waals surface area contributed by atoms with E-state index < -0.39 is 0 Å². The molecule has 0 aromatic carbocycles. The van der Waals surface area contributed by atoms with Crippen LogP contribution in [0.15, 0.2) is 0 Å². The van der Waals surface area contributed by atoms with Gasteiger partial charge in [0.2, 0.25) is 5.91 Å². The average molecular weight is 284 g/mol. The lowest BCUT2D eigenvalue weighted by Gasteiger charge is -2.34. The quantitative estimate of drug-likeness (QED) is 0.834. The Bertz CT molecular complexity index is 303. The highest BCUT2D eigenvalue weighted by molar-refractivity contribution is 7.99. The summed E-state index contributed by atoms with van der Waals surface area (Å²) in [7, 11) is 0. The lowest BCUT2D eigenvalue weighted by Crippen LogP contribution is -2.48. The molecule has 0 aromatic rings. The van der Waals surface area contributed by atoms with Gasteiger partial charge >= 0.3 is 0 Å². The van der Waals surface area contributed by atoms with Crippen LogP contribution >= 0.6 is 11.8 Å². The van der Waals surface area contributed by atoms with Crippen molar-refractivity contribution >= 4 is 17.7 Å². The Hall–Kier alpha value is -0.220. The molecule has 3 nitrogen and oxygen atoms in total. The van der Waals surface area contributed by atoms with Crippen molar-refractivity contribution in [3.63, 3.8) is 0 Å². The number of rotatable bonds is 4. The molecule has 0 bridgehead atoms. The fraction of sp³-hybridized carbons (Fsp3) is 0.933. The highest BCUT2D eigenvalue weighted by atomic mass is 32.2. The summed E-state index contributed by atoms with van der Waals surface area (Å²) < 4.78 is 0. The first-order chi connectivity index (χ1) is 9.11. The Morgan fingerprint density at radius 1 is 1.26 bits per heavy atom. The molecule has 0 saturated heterocycles. The summed E-state index contributed by atoms with van der Waals surface area (Å²) in [5.41, 5.74) is 6.13. The van der Waals surface area contributed by atoms with Crippen molar-refractivity contribution in [2.45, 2.75) is 81.0 Å². The minimum Gasteiger partial charge on any atom is -0.353 e. The van der Waals surface area contributed by atoms with Gasteiger partial charge in [-0.2, -0.15) is 11.8 Å². The highest BCUT2D eigenvalue weighted by Crippen LogP contribution is 2.30. The Morgan fingerprint density at radius 2 is 2.00 bits per heavy atom. The van der Waals surface area contributed by atoms with E-state index in [0.29, 0.717) is 12.5 Å². The molecule has 2 fully saturated rings. The van der Waals surface area contributed by atoms with Crippen molar-refractivity contribution in [1.82, 2.24) is 5.32 Å². The standard InChI is InChI=1S/C15H28N2OS/c1-19-13-7-5-6-12(10-13)17-14(18)11-15(16)8-3-2-4-9-15/h12-13H,2-11,16H2,1H3,(H,17,18). The Kier molecular flexibility index (Phi) is 5.58. The minimum absolute atomic E-state index is 0.177. The van der Waals surface area contributed by atoms with Crippen LogP contribution < -0.4 is 11.1 Å². The first-order valence-corrected chi connectivity index (χ1v) is 9.01. The number of hydrogen-bond acceptors (Lipinski definition) is 3. The average Bonchev–Trinajstić information content (AvgIpc) is 2.39. The van der Waals surface area contributed by atoms with Gasteiger partial charge < -0.3 is 11.1 Å². The molecule has 0 aliphatic heterocycles. The maximum absolute atomic E-state index is 12.2. The zero-order chi connectivity index (χ0) is 13.7. The second kappa shape index (κ2) is 6.98. The summed E-state index contributed by atoms with van der Waals surface area (Å²) in [6, 6.07) is 0.380. The molecule has 0 aromatic heterocycles. The number of carbonyl (C=O) groups excluding carboxylic acids is 1. The van der Waals surface area contributed by atoms with Gasteiger partial charge in [-0.05, 0) is 38.4 Å². The predicted molar refractivity (Wildman–Crippen MR) is 82.3 cm³/mol. The largest absolute Gasteiger partial charge is 0.353 e. The topological polar surface area (TPSA) is 55.1 Å². The Morgan fingerprint density at radius 3 is 2.68 bits per heavy atom. The fourth-order valence-electron chi connectivity index (χ4n) is 3.52. The van der Waals surface area contributed by atoms with Crippen molar-refractivity contribution < 1.29 is 4.79 Å². The molecule has 2 aliphatic carbocycles. The molecule has 2 unspecified atom stereocenters. The molecule has 0 heterocycles. The second-order valence-corrected chi connectivity index (χ2v) is 7.53. The molecule has 110 valence electrons. The molecule has 4 heteroatoms. The van der Waals surface area contributed by atoms with Crippen LogP contribution in [-0.4, -0.2) is 29.0 Å². The summed E-state index contributed by atoms with van der Waals surface area (Å²) in [6.07, 6.45) is 13.2. The van der Waals surface area contributed by atoms with E-state index in [9.17, 15) is 4.79 Å². The van der Waals surface area contributed by atoms with Crippen molar-refractivity contribution in [1.29, 1.82) is 0 Å². The fourth-order valence-corrected chi connectivity index (χ4v) is 4.35. The van der Waals surface area contributed by atoms with Gasteiger partial charge in [0, 0.05) is 23.3 Å². The van der Waals surface area contributed by atoms with Crippen molar-refractivity contribution in [2.75, 3.05) is 6.26 Å². The molecular formula is C15H28N2OS. The van der Waals surface area contributed by atoms with E-state index in [1.54, 1.807) is 0 Å². The third kappa shape index (κ3) is 4.67. The maximum atomic E-state index is 12.2. The van der Waals surface area contributed by atoms with Crippen LogP contribution in [0.2, 0.25) is 0 Å². The first kappa shape index (κ1) is 15.2.